The SMILES string of the molecule is CC(C)CN(CC(C)C)c1ncnc(NCc2ccc(Cl)cc2)c1[N+](=O)[O-]. The van der Waals surface area contributed by atoms with E-state index in [4.69, 9.17) is 11.6 Å². The molecule has 0 aliphatic heterocycles. The lowest BCUT2D eigenvalue weighted by molar-refractivity contribution is -0.383. The van der Waals surface area contributed by atoms with Crippen LogP contribution in [0.25, 0.3) is 0 Å². The van der Waals surface area contributed by atoms with Crippen LogP contribution in [0.3, 0.4) is 0 Å². The molecule has 2 rings (SSSR count). The van der Waals surface area contributed by atoms with Gasteiger partial charge in [-0.3, -0.25) is 10.1 Å². The van der Waals surface area contributed by atoms with Gasteiger partial charge in [0.15, 0.2) is 0 Å². The number of nitrogens with one attached hydrogen (secondary N) is 1. The highest BCUT2D eigenvalue weighted by Gasteiger charge is 2.27. The summed E-state index contributed by atoms with van der Waals surface area (Å²) in [6.45, 7) is 10.1. The Hall–Kier alpha value is -2.41. The molecule has 0 saturated heterocycles. The van der Waals surface area contributed by atoms with Crippen molar-refractivity contribution in [1.29, 1.82) is 0 Å². The summed E-state index contributed by atoms with van der Waals surface area (Å²) in [5.74, 6) is 1.28. The molecule has 0 unspecified atom stereocenters. The number of hydrogen-bond donors (Lipinski definition) is 1. The number of aromatic nitrogens is 2. The molecule has 0 amide bonds. The molecular formula is C19H26ClN5O2. The lowest BCUT2D eigenvalue weighted by Gasteiger charge is -2.27. The van der Waals surface area contributed by atoms with Gasteiger partial charge in [-0.05, 0) is 29.5 Å². The van der Waals surface area contributed by atoms with Crippen LogP contribution in [-0.4, -0.2) is 28.0 Å². The molecule has 7 nitrogen and oxygen atoms in total. The number of nitro groups is 1. The minimum Gasteiger partial charge on any atom is -0.360 e. The molecule has 1 aromatic carbocycles. The molecule has 146 valence electrons. The highest BCUT2D eigenvalue weighted by molar-refractivity contribution is 6.30. The van der Waals surface area contributed by atoms with E-state index in [0.29, 0.717) is 42.3 Å². The van der Waals surface area contributed by atoms with Gasteiger partial charge >= 0.3 is 5.69 Å². The molecule has 1 N–H and O–H groups in total. The minimum atomic E-state index is -0.410. The van der Waals surface area contributed by atoms with Gasteiger partial charge in [-0.2, -0.15) is 0 Å². The number of benzene rings is 1. The number of hydrogen-bond acceptors (Lipinski definition) is 6. The van der Waals surface area contributed by atoms with Gasteiger partial charge < -0.3 is 10.2 Å². The Bertz CT molecular complexity index is 755. The summed E-state index contributed by atoms with van der Waals surface area (Å²) >= 11 is 5.90. The summed E-state index contributed by atoms with van der Waals surface area (Å²) in [6.07, 6.45) is 1.38. The van der Waals surface area contributed by atoms with Crippen molar-refractivity contribution >= 4 is 28.9 Å². The zero-order chi connectivity index (χ0) is 20.0. The Kier molecular flexibility index (Phi) is 7.36. The lowest BCUT2D eigenvalue weighted by Crippen LogP contribution is -2.32. The molecule has 0 bridgehead atoms. The van der Waals surface area contributed by atoms with Gasteiger partial charge in [0.2, 0.25) is 11.6 Å². The van der Waals surface area contributed by atoms with Crippen molar-refractivity contribution in [3.05, 3.63) is 51.3 Å². The third-order valence-electron chi connectivity index (χ3n) is 3.83. The second-order valence-electron chi connectivity index (χ2n) is 7.32. The lowest BCUT2D eigenvalue weighted by atomic mass is 10.1. The van der Waals surface area contributed by atoms with Gasteiger partial charge in [0, 0.05) is 24.7 Å². The van der Waals surface area contributed by atoms with Gasteiger partial charge in [0.25, 0.3) is 0 Å². The standard InChI is InChI=1S/C19H26ClN5O2/c1-13(2)10-24(11-14(3)4)19-17(25(26)27)18(22-12-23-19)21-9-15-5-7-16(20)8-6-15/h5-8,12-14H,9-11H2,1-4H3,(H,21,22,23). The van der Waals surface area contributed by atoms with E-state index >= 15 is 0 Å². The molecule has 1 aromatic heterocycles. The maximum atomic E-state index is 11.8. The van der Waals surface area contributed by atoms with E-state index in [1.807, 2.05) is 17.0 Å². The van der Waals surface area contributed by atoms with Crippen LogP contribution in [0.5, 0.6) is 0 Å². The van der Waals surface area contributed by atoms with E-state index in [1.165, 1.54) is 6.33 Å². The molecule has 0 spiro atoms. The van der Waals surface area contributed by atoms with Crippen molar-refractivity contribution < 1.29 is 4.92 Å². The Labute approximate surface area is 164 Å². The molecule has 0 fully saturated rings. The summed E-state index contributed by atoms with van der Waals surface area (Å²) < 4.78 is 0. The summed E-state index contributed by atoms with van der Waals surface area (Å²) in [6, 6.07) is 7.30. The number of anilines is 2. The molecule has 27 heavy (non-hydrogen) atoms. The molecule has 0 radical (unpaired) electrons. The first-order valence-electron chi connectivity index (χ1n) is 9.00. The molecule has 0 atom stereocenters. The van der Waals surface area contributed by atoms with Crippen LogP contribution < -0.4 is 10.2 Å². The maximum Gasteiger partial charge on any atom is 0.353 e. The summed E-state index contributed by atoms with van der Waals surface area (Å²) in [7, 11) is 0. The Morgan fingerprint density at radius 1 is 1.11 bits per heavy atom. The van der Waals surface area contributed by atoms with Crippen molar-refractivity contribution in [2.45, 2.75) is 34.2 Å². The van der Waals surface area contributed by atoms with Crippen LogP contribution in [-0.2, 0) is 6.54 Å². The Morgan fingerprint density at radius 3 is 2.22 bits per heavy atom. The monoisotopic (exact) mass is 391 g/mol. The van der Waals surface area contributed by atoms with Crippen LogP contribution in [0.2, 0.25) is 5.02 Å². The predicted molar refractivity (Wildman–Crippen MR) is 109 cm³/mol. The molecule has 0 saturated carbocycles. The van der Waals surface area contributed by atoms with E-state index in [-0.39, 0.29) is 11.5 Å². The second kappa shape index (κ2) is 9.50. The zero-order valence-electron chi connectivity index (χ0n) is 16.1. The Morgan fingerprint density at radius 2 is 1.70 bits per heavy atom. The first-order valence-corrected chi connectivity index (χ1v) is 9.38. The molecular weight excluding hydrogens is 366 g/mol. The van der Waals surface area contributed by atoms with Crippen molar-refractivity contribution in [3.8, 4) is 0 Å². The molecule has 8 heteroatoms. The van der Waals surface area contributed by atoms with Crippen LogP contribution in [0.4, 0.5) is 17.3 Å². The number of nitrogens with zero attached hydrogens (tertiary/aromatic N) is 4. The van der Waals surface area contributed by atoms with Crippen molar-refractivity contribution in [1.82, 2.24) is 9.97 Å². The zero-order valence-corrected chi connectivity index (χ0v) is 16.9. The van der Waals surface area contributed by atoms with Crippen molar-refractivity contribution in [2.75, 3.05) is 23.3 Å². The van der Waals surface area contributed by atoms with Gasteiger partial charge in [-0.1, -0.05) is 51.4 Å². The van der Waals surface area contributed by atoms with Crippen molar-refractivity contribution in [3.63, 3.8) is 0 Å². The van der Waals surface area contributed by atoms with Gasteiger partial charge in [0.05, 0.1) is 4.92 Å². The van der Waals surface area contributed by atoms with Gasteiger partial charge in [0.1, 0.15) is 6.33 Å². The number of rotatable bonds is 9. The van der Waals surface area contributed by atoms with E-state index in [2.05, 4.69) is 43.0 Å². The summed E-state index contributed by atoms with van der Waals surface area (Å²) in [5, 5.41) is 15.5. The third kappa shape index (κ3) is 6.06. The average Bonchev–Trinajstić information content (AvgIpc) is 2.59. The minimum absolute atomic E-state index is 0.0900. The quantitative estimate of drug-likeness (QED) is 0.489. The van der Waals surface area contributed by atoms with Gasteiger partial charge in [-0.15, -0.1) is 0 Å². The van der Waals surface area contributed by atoms with E-state index in [0.717, 1.165) is 5.56 Å². The molecule has 0 aliphatic carbocycles. The second-order valence-corrected chi connectivity index (χ2v) is 7.76. The van der Waals surface area contributed by atoms with E-state index < -0.39 is 4.92 Å². The fraction of sp³-hybridized carbons (Fsp3) is 0.474. The normalized spacial score (nSPS) is 11.1. The molecule has 2 aromatic rings. The third-order valence-corrected chi connectivity index (χ3v) is 4.08. The van der Waals surface area contributed by atoms with Gasteiger partial charge in [-0.25, -0.2) is 9.97 Å². The smallest absolute Gasteiger partial charge is 0.353 e. The fourth-order valence-corrected chi connectivity index (χ4v) is 2.94. The first-order chi connectivity index (χ1) is 12.8. The Balaban J connectivity index is 2.33. The average molecular weight is 392 g/mol. The largest absolute Gasteiger partial charge is 0.360 e. The van der Waals surface area contributed by atoms with Crippen LogP contribution >= 0.6 is 11.6 Å². The summed E-state index contributed by atoms with van der Waals surface area (Å²) in [4.78, 5) is 21.7. The topological polar surface area (TPSA) is 84.2 Å². The van der Waals surface area contributed by atoms with Crippen LogP contribution in [0.1, 0.15) is 33.3 Å². The molecule has 1 heterocycles. The molecule has 0 aliphatic rings. The summed E-state index contributed by atoms with van der Waals surface area (Å²) in [5.41, 5.74) is 0.864. The highest BCUT2D eigenvalue weighted by atomic mass is 35.5. The van der Waals surface area contributed by atoms with Crippen LogP contribution in [0, 0.1) is 22.0 Å². The maximum absolute atomic E-state index is 11.8. The van der Waals surface area contributed by atoms with Crippen LogP contribution in [0.15, 0.2) is 30.6 Å². The van der Waals surface area contributed by atoms with E-state index in [1.54, 1.807) is 12.1 Å². The number of halogens is 1. The fourth-order valence-electron chi connectivity index (χ4n) is 2.82. The predicted octanol–water partition coefficient (Wildman–Crippen LogP) is 4.77. The van der Waals surface area contributed by atoms with E-state index in [9.17, 15) is 10.1 Å². The van der Waals surface area contributed by atoms with Crippen molar-refractivity contribution in [2.24, 2.45) is 11.8 Å². The highest BCUT2D eigenvalue weighted by Crippen LogP contribution is 2.33. The first kappa shape index (κ1) is 20.9.